The highest BCUT2D eigenvalue weighted by Crippen LogP contribution is 2.14. The van der Waals surface area contributed by atoms with Crippen LogP contribution < -0.4 is 15.2 Å². The third-order valence-corrected chi connectivity index (χ3v) is 6.87. The van der Waals surface area contributed by atoms with Crippen LogP contribution in [0.5, 0.6) is 11.5 Å². The number of benzene rings is 2. The molecule has 2 aromatic carbocycles. The molecule has 0 unspecified atom stereocenters. The maximum atomic E-state index is 11.5. The van der Waals surface area contributed by atoms with Gasteiger partial charge in [-0.2, -0.15) is 0 Å². The molecule has 0 saturated heterocycles. The first kappa shape index (κ1) is 40.8. The summed E-state index contributed by atoms with van der Waals surface area (Å²) < 4.78 is 13.3. The average Bonchev–Trinajstić information content (AvgIpc) is 3.00. The van der Waals surface area contributed by atoms with E-state index in [2.05, 4.69) is 45.2 Å². The molecule has 9 nitrogen and oxygen atoms in total. The van der Waals surface area contributed by atoms with Gasteiger partial charge in [0, 0.05) is 40.9 Å². The van der Waals surface area contributed by atoms with E-state index in [9.17, 15) is 9.59 Å². The fourth-order valence-corrected chi connectivity index (χ4v) is 3.69. The Morgan fingerprint density at radius 3 is 1.63 bits per heavy atom. The number of hydrogen-bond donors (Lipinski definition) is 3. The van der Waals surface area contributed by atoms with E-state index in [1.54, 1.807) is 26.2 Å². The molecule has 0 aliphatic heterocycles. The second-order valence-corrected chi connectivity index (χ2v) is 11.6. The fourth-order valence-electron chi connectivity index (χ4n) is 2.97. The van der Waals surface area contributed by atoms with Gasteiger partial charge in [-0.25, -0.2) is 0 Å². The van der Waals surface area contributed by atoms with Gasteiger partial charge in [0.25, 0.3) is 0 Å². The van der Waals surface area contributed by atoms with Gasteiger partial charge in [0.1, 0.15) is 18.1 Å². The van der Waals surface area contributed by atoms with Crippen LogP contribution >= 0.6 is 45.2 Å². The van der Waals surface area contributed by atoms with E-state index in [4.69, 9.17) is 25.4 Å². The molecule has 0 fully saturated rings. The molecule has 11 heteroatoms. The Morgan fingerprint density at radius 2 is 1.21 bits per heavy atom. The summed E-state index contributed by atoms with van der Waals surface area (Å²) in [4.78, 5) is 25.5. The lowest BCUT2D eigenvalue weighted by atomic mass is 10.2. The van der Waals surface area contributed by atoms with Crippen molar-refractivity contribution in [3.63, 3.8) is 0 Å². The third-order valence-electron chi connectivity index (χ3n) is 5.43. The standard InChI is InChI=1S/C16H22INO3.C8H10INO.C8H15NO2/c1-18(11-12-19)16(20)6-4-2-3-5-13-21-15-9-7-14(17)8-10-15;9-7-1-3-8(4-2-7)11-6-5-10;1-3-4-5-8(11)9(2)6-7-10/h4,6-10,19H,2-3,5,11-13H2,1H3;1-4H,5-6,10H2;4-5,10H,3,6-7H2,1-2H3/b6-4+;;5-4+. The number of unbranched alkanes of at least 4 members (excludes halogenated alkanes) is 2. The molecule has 240 valence electrons. The Balaban J connectivity index is 0.000000677. The normalized spacial score (nSPS) is 10.4. The minimum atomic E-state index is -0.0702. The summed E-state index contributed by atoms with van der Waals surface area (Å²) in [5, 5.41) is 17.2. The van der Waals surface area contributed by atoms with Gasteiger partial charge in [-0.1, -0.05) is 19.1 Å². The number of halogens is 2. The van der Waals surface area contributed by atoms with E-state index in [-0.39, 0.29) is 25.0 Å². The largest absolute Gasteiger partial charge is 0.494 e. The first-order chi connectivity index (χ1) is 20.7. The summed E-state index contributed by atoms with van der Waals surface area (Å²) in [6.45, 7) is 4.57. The molecule has 0 radical (unpaired) electrons. The van der Waals surface area contributed by atoms with Crippen molar-refractivity contribution < 1.29 is 29.3 Å². The van der Waals surface area contributed by atoms with Crippen LogP contribution in [0.2, 0.25) is 0 Å². The SMILES string of the molecule is CC/C=C/C(=O)N(C)CCO.CN(CCO)C(=O)/C=C/CCCCOc1ccc(I)cc1.NCCOc1ccc(I)cc1. The smallest absolute Gasteiger partial charge is 0.246 e. The van der Waals surface area contributed by atoms with Crippen molar-refractivity contribution in [2.75, 3.05) is 60.2 Å². The van der Waals surface area contributed by atoms with E-state index in [1.807, 2.05) is 61.5 Å². The lowest BCUT2D eigenvalue weighted by Crippen LogP contribution is -2.27. The van der Waals surface area contributed by atoms with E-state index in [1.165, 1.54) is 23.0 Å². The van der Waals surface area contributed by atoms with Gasteiger partial charge in [0.15, 0.2) is 0 Å². The predicted molar refractivity (Wildman–Crippen MR) is 190 cm³/mol. The first-order valence-corrected chi connectivity index (χ1v) is 16.4. The van der Waals surface area contributed by atoms with Crippen molar-refractivity contribution in [3.8, 4) is 11.5 Å². The van der Waals surface area contributed by atoms with Gasteiger partial charge in [-0.05, 0) is 132 Å². The third kappa shape index (κ3) is 22.9. The summed E-state index contributed by atoms with van der Waals surface area (Å²) in [6.07, 6.45) is 10.4. The minimum Gasteiger partial charge on any atom is -0.494 e. The van der Waals surface area contributed by atoms with E-state index >= 15 is 0 Å². The summed E-state index contributed by atoms with van der Waals surface area (Å²) in [7, 11) is 3.34. The molecule has 0 bridgehead atoms. The number of allylic oxidation sites excluding steroid dienone is 2. The van der Waals surface area contributed by atoms with Crippen LogP contribution in [-0.4, -0.2) is 92.0 Å². The molecule has 2 amide bonds. The lowest BCUT2D eigenvalue weighted by Gasteiger charge is -2.12. The molecule has 0 aliphatic rings. The summed E-state index contributed by atoms with van der Waals surface area (Å²) >= 11 is 4.52. The molecule has 0 saturated carbocycles. The molecule has 0 aliphatic carbocycles. The quantitative estimate of drug-likeness (QED) is 0.125. The summed E-state index contributed by atoms with van der Waals surface area (Å²) in [5.74, 6) is 1.66. The van der Waals surface area contributed by atoms with Crippen molar-refractivity contribution >= 4 is 57.0 Å². The number of amides is 2. The molecule has 2 aromatic rings. The number of ether oxygens (including phenoxy) is 2. The number of rotatable bonds is 16. The van der Waals surface area contributed by atoms with Gasteiger partial charge in [0.05, 0.1) is 19.8 Å². The van der Waals surface area contributed by atoms with Gasteiger partial charge in [-0.3, -0.25) is 9.59 Å². The summed E-state index contributed by atoms with van der Waals surface area (Å²) in [5.41, 5.74) is 5.28. The minimum absolute atomic E-state index is 0.00798. The number of aliphatic hydroxyl groups is 2. The zero-order chi connectivity index (χ0) is 32.3. The number of carbonyl (C=O) groups is 2. The average molecular weight is 824 g/mol. The monoisotopic (exact) mass is 823 g/mol. The van der Waals surface area contributed by atoms with Crippen LogP contribution in [0.25, 0.3) is 0 Å². The van der Waals surface area contributed by atoms with Crippen molar-refractivity contribution in [3.05, 3.63) is 80.0 Å². The van der Waals surface area contributed by atoms with Crippen LogP contribution in [0.1, 0.15) is 32.6 Å². The van der Waals surface area contributed by atoms with Crippen molar-refractivity contribution in [2.24, 2.45) is 5.73 Å². The van der Waals surface area contributed by atoms with Crippen LogP contribution in [0, 0.1) is 7.14 Å². The van der Waals surface area contributed by atoms with E-state index in [0.717, 1.165) is 37.2 Å². The van der Waals surface area contributed by atoms with Gasteiger partial charge < -0.3 is 35.2 Å². The van der Waals surface area contributed by atoms with Crippen molar-refractivity contribution in [1.29, 1.82) is 0 Å². The van der Waals surface area contributed by atoms with Gasteiger partial charge >= 0.3 is 0 Å². The van der Waals surface area contributed by atoms with Crippen LogP contribution in [0.4, 0.5) is 0 Å². The number of carbonyl (C=O) groups excluding carboxylic acids is 2. The van der Waals surface area contributed by atoms with E-state index in [0.29, 0.717) is 32.8 Å². The van der Waals surface area contributed by atoms with Crippen LogP contribution in [0.15, 0.2) is 72.8 Å². The lowest BCUT2D eigenvalue weighted by molar-refractivity contribution is -0.125. The molecule has 2 rings (SSSR count). The second kappa shape index (κ2) is 27.4. The number of nitrogens with zero attached hydrogens (tertiary/aromatic N) is 2. The second-order valence-electron chi connectivity index (χ2n) is 9.07. The Labute approximate surface area is 284 Å². The van der Waals surface area contributed by atoms with Crippen LogP contribution in [0.3, 0.4) is 0 Å². The van der Waals surface area contributed by atoms with Crippen LogP contribution in [-0.2, 0) is 9.59 Å². The maximum Gasteiger partial charge on any atom is 0.246 e. The zero-order valence-electron chi connectivity index (χ0n) is 25.5. The Morgan fingerprint density at radius 1 is 0.767 bits per heavy atom. The van der Waals surface area contributed by atoms with E-state index < -0.39 is 0 Å². The Hall–Kier alpha value is -2.20. The van der Waals surface area contributed by atoms with Gasteiger partial charge in [-0.15, -0.1) is 0 Å². The number of nitrogens with two attached hydrogens (primary N) is 1. The highest BCUT2D eigenvalue weighted by atomic mass is 127. The molecule has 0 atom stereocenters. The van der Waals surface area contributed by atoms with Crippen molar-refractivity contribution in [2.45, 2.75) is 32.6 Å². The zero-order valence-corrected chi connectivity index (χ0v) is 29.8. The fraction of sp³-hybridized carbons (Fsp3) is 0.438. The molecule has 0 heterocycles. The van der Waals surface area contributed by atoms with Crippen molar-refractivity contribution in [1.82, 2.24) is 9.80 Å². The molecule has 4 N–H and O–H groups in total. The molecular formula is C32H47I2N3O6. The Kier molecular flexibility index (Phi) is 26.0. The molecule has 43 heavy (non-hydrogen) atoms. The predicted octanol–water partition coefficient (Wildman–Crippen LogP) is 4.88. The maximum absolute atomic E-state index is 11.5. The highest BCUT2D eigenvalue weighted by molar-refractivity contribution is 14.1. The number of hydrogen-bond acceptors (Lipinski definition) is 7. The number of aliphatic hydroxyl groups excluding tert-OH is 2. The Bertz CT molecular complexity index is 1050. The molecular weight excluding hydrogens is 776 g/mol. The molecule has 0 spiro atoms. The van der Waals surface area contributed by atoms with Gasteiger partial charge in [0.2, 0.25) is 11.8 Å². The first-order valence-electron chi connectivity index (χ1n) is 14.2. The molecule has 0 aromatic heterocycles. The topological polar surface area (TPSA) is 126 Å². The summed E-state index contributed by atoms with van der Waals surface area (Å²) in [6, 6.07) is 15.9. The highest BCUT2D eigenvalue weighted by Gasteiger charge is 2.02. The number of likely N-dealkylation sites (N-methyl/N-ethyl adjacent to an activating group) is 2.